The molecule has 2 rings (SSSR count). The van der Waals surface area contributed by atoms with Gasteiger partial charge >= 0.3 is 0 Å². The molecule has 108 valence electrons. The lowest BCUT2D eigenvalue weighted by molar-refractivity contribution is 0.277. The van der Waals surface area contributed by atoms with E-state index in [4.69, 9.17) is 0 Å². The number of aromatic nitrogens is 2. The molecule has 2 aromatic rings. The van der Waals surface area contributed by atoms with E-state index in [9.17, 15) is 13.5 Å². The normalized spacial score (nSPS) is 11.8. The molecule has 3 N–H and O–H groups in total. The van der Waals surface area contributed by atoms with Crippen molar-refractivity contribution in [3.8, 4) is 0 Å². The largest absolute Gasteiger partial charge is 0.392 e. The lowest BCUT2D eigenvalue weighted by Gasteiger charge is -2.07. The molecule has 0 radical (unpaired) electrons. The summed E-state index contributed by atoms with van der Waals surface area (Å²) in [6.45, 7) is 1.42. The van der Waals surface area contributed by atoms with Crippen molar-refractivity contribution in [3.63, 3.8) is 0 Å². The Morgan fingerprint density at radius 2 is 2.10 bits per heavy atom. The molecule has 20 heavy (non-hydrogen) atoms. The number of rotatable bonds is 5. The summed E-state index contributed by atoms with van der Waals surface area (Å²) < 4.78 is 27.7. The second-order valence-corrected chi connectivity index (χ2v) is 6.74. The van der Waals surface area contributed by atoms with Crippen molar-refractivity contribution in [1.82, 2.24) is 14.9 Å². The number of H-pyrrole nitrogens is 1. The lowest BCUT2D eigenvalue weighted by atomic mass is 10.2. The van der Waals surface area contributed by atoms with Crippen molar-refractivity contribution in [1.29, 1.82) is 0 Å². The molecule has 0 spiro atoms. The maximum atomic E-state index is 12.2. The molecule has 0 aliphatic heterocycles. The molecule has 0 saturated heterocycles. The van der Waals surface area contributed by atoms with E-state index in [0.29, 0.717) is 5.69 Å². The Kier molecular flexibility index (Phi) is 4.59. The molecule has 0 fully saturated rings. The number of aliphatic hydroxyl groups excluding tert-OH is 1. The summed E-state index contributed by atoms with van der Waals surface area (Å²) in [5.74, 6) is 0. The van der Waals surface area contributed by atoms with Crippen molar-refractivity contribution in [2.45, 2.75) is 25.1 Å². The molecule has 0 bridgehead atoms. The van der Waals surface area contributed by atoms with Gasteiger partial charge in [-0.05, 0) is 18.6 Å². The minimum Gasteiger partial charge on any atom is -0.392 e. The maximum absolute atomic E-state index is 12.2. The number of sulfonamides is 1. The van der Waals surface area contributed by atoms with E-state index >= 15 is 0 Å². The van der Waals surface area contributed by atoms with Gasteiger partial charge in [-0.25, -0.2) is 13.1 Å². The molecule has 8 heteroatoms. The Balaban J connectivity index is 2.22. The third-order valence-electron chi connectivity index (χ3n) is 2.86. The number of nitrogens with one attached hydrogen (secondary N) is 2. The molecular formula is C12H14BrN3O3S. The summed E-state index contributed by atoms with van der Waals surface area (Å²) in [5, 5.41) is 15.4. The highest BCUT2D eigenvalue weighted by Gasteiger charge is 2.23. The lowest BCUT2D eigenvalue weighted by Crippen LogP contribution is -2.24. The van der Waals surface area contributed by atoms with E-state index in [1.54, 1.807) is 6.92 Å². The smallest absolute Gasteiger partial charge is 0.260 e. The van der Waals surface area contributed by atoms with Gasteiger partial charge in [0.1, 0.15) is 0 Å². The average molecular weight is 360 g/mol. The number of aryl methyl sites for hydroxylation is 1. The minimum absolute atomic E-state index is 0.139. The SMILES string of the molecule is Cc1[nH]nc(S(=O)(=O)NCc2ccccc2Br)c1CO. The molecule has 6 nitrogen and oxygen atoms in total. The summed E-state index contributed by atoms with van der Waals surface area (Å²) in [7, 11) is -3.77. The van der Waals surface area contributed by atoms with Crippen LogP contribution in [0.2, 0.25) is 0 Å². The molecule has 1 aromatic heterocycles. The van der Waals surface area contributed by atoms with E-state index in [1.807, 2.05) is 24.3 Å². The zero-order chi connectivity index (χ0) is 14.8. The molecule has 0 atom stereocenters. The maximum Gasteiger partial charge on any atom is 0.260 e. The number of aromatic amines is 1. The van der Waals surface area contributed by atoms with Gasteiger partial charge in [0.05, 0.1) is 6.61 Å². The van der Waals surface area contributed by atoms with Crippen molar-refractivity contribution in [2.75, 3.05) is 0 Å². The zero-order valence-corrected chi connectivity index (χ0v) is 13.1. The Bertz CT molecular complexity index is 712. The van der Waals surface area contributed by atoms with Gasteiger partial charge in [-0.15, -0.1) is 0 Å². The van der Waals surface area contributed by atoms with E-state index in [-0.39, 0.29) is 23.7 Å². The Morgan fingerprint density at radius 1 is 1.40 bits per heavy atom. The van der Waals surface area contributed by atoms with Crippen molar-refractivity contribution in [2.24, 2.45) is 0 Å². The third kappa shape index (κ3) is 3.09. The van der Waals surface area contributed by atoms with Crippen LogP contribution in [-0.4, -0.2) is 23.7 Å². The molecule has 0 unspecified atom stereocenters. The average Bonchev–Trinajstić information content (AvgIpc) is 2.79. The molecule has 1 heterocycles. The molecule has 0 amide bonds. The summed E-state index contributed by atoms with van der Waals surface area (Å²) >= 11 is 3.36. The van der Waals surface area contributed by atoms with Crippen LogP contribution in [0.5, 0.6) is 0 Å². The first-order valence-electron chi connectivity index (χ1n) is 5.83. The summed E-state index contributed by atoms with van der Waals surface area (Å²) in [4.78, 5) is 0. The van der Waals surface area contributed by atoms with Gasteiger partial charge in [0, 0.05) is 22.3 Å². The predicted octanol–water partition coefficient (Wildman–Crippen LogP) is 1.45. The quantitative estimate of drug-likeness (QED) is 0.752. The van der Waals surface area contributed by atoms with Crippen LogP contribution in [0.25, 0.3) is 0 Å². The van der Waals surface area contributed by atoms with Crippen molar-refractivity contribution < 1.29 is 13.5 Å². The number of nitrogens with zero attached hydrogens (tertiary/aromatic N) is 1. The second kappa shape index (κ2) is 6.04. The predicted molar refractivity (Wildman–Crippen MR) is 77.4 cm³/mol. The monoisotopic (exact) mass is 359 g/mol. The molecule has 1 aromatic carbocycles. The fourth-order valence-corrected chi connectivity index (χ4v) is 3.34. The van der Waals surface area contributed by atoms with E-state index in [2.05, 4.69) is 30.8 Å². The number of halogens is 1. The van der Waals surface area contributed by atoms with Crippen LogP contribution in [0.4, 0.5) is 0 Å². The fourth-order valence-electron chi connectivity index (χ4n) is 1.72. The van der Waals surface area contributed by atoms with Gasteiger partial charge in [0.15, 0.2) is 5.03 Å². The van der Waals surface area contributed by atoms with Crippen molar-refractivity contribution >= 4 is 26.0 Å². The topological polar surface area (TPSA) is 95.1 Å². The van der Waals surface area contributed by atoms with Crippen LogP contribution < -0.4 is 4.72 Å². The van der Waals surface area contributed by atoms with Crippen LogP contribution in [0, 0.1) is 6.92 Å². The third-order valence-corrected chi connectivity index (χ3v) is 5.00. The van der Waals surface area contributed by atoms with Crippen LogP contribution in [0.3, 0.4) is 0 Å². The van der Waals surface area contributed by atoms with Gasteiger partial charge in [-0.1, -0.05) is 34.1 Å². The van der Waals surface area contributed by atoms with Gasteiger partial charge < -0.3 is 5.11 Å². The van der Waals surface area contributed by atoms with Gasteiger partial charge in [-0.2, -0.15) is 5.10 Å². The van der Waals surface area contributed by atoms with Crippen LogP contribution in [0.1, 0.15) is 16.8 Å². The highest BCUT2D eigenvalue weighted by atomic mass is 79.9. The molecule has 0 aliphatic carbocycles. The highest BCUT2D eigenvalue weighted by molar-refractivity contribution is 9.10. The van der Waals surface area contributed by atoms with Gasteiger partial charge in [0.25, 0.3) is 10.0 Å². The Morgan fingerprint density at radius 3 is 2.75 bits per heavy atom. The fraction of sp³-hybridized carbons (Fsp3) is 0.250. The van der Waals surface area contributed by atoms with E-state index in [0.717, 1.165) is 10.0 Å². The van der Waals surface area contributed by atoms with E-state index < -0.39 is 10.0 Å². The number of hydrogen-bond donors (Lipinski definition) is 3. The number of benzene rings is 1. The first-order valence-corrected chi connectivity index (χ1v) is 8.11. The first-order chi connectivity index (χ1) is 9.45. The van der Waals surface area contributed by atoms with Crippen LogP contribution in [0.15, 0.2) is 33.8 Å². The second-order valence-electron chi connectivity index (χ2n) is 4.21. The van der Waals surface area contributed by atoms with Gasteiger partial charge in [0.2, 0.25) is 0 Å². The van der Waals surface area contributed by atoms with Crippen molar-refractivity contribution in [3.05, 3.63) is 45.6 Å². The summed E-state index contributed by atoms with van der Waals surface area (Å²) in [6, 6.07) is 7.33. The number of hydrogen-bond acceptors (Lipinski definition) is 4. The summed E-state index contributed by atoms with van der Waals surface area (Å²) in [6.07, 6.45) is 0. The molecule has 0 aliphatic rings. The van der Waals surface area contributed by atoms with Crippen LogP contribution in [-0.2, 0) is 23.2 Å². The van der Waals surface area contributed by atoms with Crippen LogP contribution >= 0.6 is 15.9 Å². The molecular weight excluding hydrogens is 346 g/mol. The standard InChI is InChI=1S/C12H14BrN3O3S/c1-8-10(7-17)12(16-15-8)20(18,19)14-6-9-4-2-3-5-11(9)13/h2-5,14,17H,6-7H2,1H3,(H,15,16). The Hall–Kier alpha value is -1.22. The van der Waals surface area contributed by atoms with Gasteiger partial charge in [-0.3, -0.25) is 5.10 Å². The minimum atomic E-state index is -3.77. The highest BCUT2D eigenvalue weighted by Crippen LogP contribution is 2.18. The first kappa shape index (κ1) is 15.2. The molecule has 0 saturated carbocycles. The zero-order valence-electron chi connectivity index (χ0n) is 10.7. The number of aliphatic hydroxyl groups is 1. The summed E-state index contributed by atoms with van der Waals surface area (Å²) in [5.41, 5.74) is 1.63. The Labute approximate surface area is 125 Å². The van der Waals surface area contributed by atoms with E-state index in [1.165, 1.54) is 0 Å².